The number of aromatic nitrogens is 2. The Morgan fingerprint density at radius 3 is 2.80 bits per heavy atom. The fourth-order valence-corrected chi connectivity index (χ4v) is 3.87. The summed E-state index contributed by atoms with van der Waals surface area (Å²) in [5.74, 6) is 0.361. The Labute approximate surface area is 149 Å². The first-order valence-corrected chi connectivity index (χ1v) is 9.00. The molecule has 25 heavy (non-hydrogen) atoms. The van der Waals surface area contributed by atoms with Gasteiger partial charge in [-0.15, -0.1) is 11.3 Å². The van der Waals surface area contributed by atoms with Crippen LogP contribution in [0.1, 0.15) is 23.3 Å². The van der Waals surface area contributed by atoms with E-state index in [-0.39, 0.29) is 11.7 Å². The van der Waals surface area contributed by atoms with E-state index in [0.29, 0.717) is 18.9 Å². The molecule has 1 fully saturated rings. The molecule has 0 N–H and O–H groups in total. The Balaban J connectivity index is 2.10. The fraction of sp³-hybridized carbons (Fsp3) is 0.471. The van der Waals surface area contributed by atoms with Crippen LogP contribution in [0.3, 0.4) is 0 Å². The van der Waals surface area contributed by atoms with E-state index in [1.807, 2.05) is 28.5 Å². The minimum atomic E-state index is -0.566. The van der Waals surface area contributed by atoms with Crippen molar-refractivity contribution in [2.75, 3.05) is 18.1 Å². The summed E-state index contributed by atoms with van der Waals surface area (Å²) in [5.41, 5.74) is -1.02. The van der Waals surface area contributed by atoms with Crippen molar-refractivity contribution >= 4 is 17.2 Å². The molecule has 1 aliphatic rings. The Morgan fingerprint density at radius 1 is 1.40 bits per heavy atom. The van der Waals surface area contributed by atoms with Gasteiger partial charge in [0.2, 0.25) is 0 Å². The van der Waals surface area contributed by atoms with Gasteiger partial charge in [-0.25, -0.2) is 4.79 Å². The van der Waals surface area contributed by atoms with Crippen molar-refractivity contribution in [3.05, 3.63) is 48.8 Å². The van der Waals surface area contributed by atoms with E-state index in [4.69, 9.17) is 4.74 Å². The van der Waals surface area contributed by atoms with Crippen LogP contribution >= 0.6 is 11.3 Å². The third-order valence-corrected chi connectivity index (χ3v) is 5.28. The van der Waals surface area contributed by atoms with E-state index in [9.17, 15) is 14.9 Å². The van der Waals surface area contributed by atoms with Crippen LogP contribution in [0.25, 0.3) is 0 Å². The zero-order chi connectivity index (χ0) is 18.0. The highest BCUT2D eigenvalue weighted by Gasteiger charge is 2.25. The van der Waals surface area contributed by atoms with Crippen LogP contribution < -0.4 is 16.1 Å². The first-order chi connectivity index (χ1) is 12.0. The van der Waals surface area contributed by atoms with Gasteiger partial charge in [0.15, 0.2) is 5.56 Å². The molecule has 1 atom stereocenters. The molecule has 1 aliphatic heterocycles. The Kier molecular flexibility index (Phi) is 5.06. The highest BCUT2D eigenvalue weighted by atomic mass is 32.1. The Morgan fingerprint density at radius 2 is 2.20 bits per heavy atom. The third kappa shape index (κ3) is 3.38. The molecular formula is C17H20N4O3S. The number of nitrogens with zero attached hydrogens (tertiary/aromatic N) is 4. The molecule has 0 bridgehead atoms. The SMILES string of the molecule is Cn1c(N(Cc2cccs2)CC2CCCO2)c(C#N)c(=O)n(C)c1=O. The van der Waals surface area contributed by atoms with Gasteiger partial charge in [-0.2, -0.15) is 5.26 Å². The maximum atomic E-state index is 12.4. The summed E-state index contributed by atoms with van der Waals surface area (Å²) in [6, 6.07) is 5.94. The van der Waals surface area contributed by atoms with Crippen molar-refractivity contribution in [3.8, 4) is 6.07 Å². The largest absolute Gasteiger partial charge is 0.376 e. The van der Waals surface area contributed by atoms with Crippen molar-refractivity contribution < 1.29 is 4.74 Å². The van der Waals surface area contributed by atoms with E-state index in [1.54, 1.807) is 18.4 Å². The lowest BCUT2D eigenvalue weighted by Gasteiger charge is -2.29. The lowest BCUT2D eigenvalue weighted by atomic mass is 10.2. The summed E-state index contributed by atoms with van der Waals surface area (Å²) in [4.78, 5) is 27.8. The minimum absolute atomic E-state index is 0.0147. The molecule has 2 aromatic heterocycles. The van der Waals surface area contributed by atoms with E-state index in [0.717, 1.165) is 28.9 Å². The van der Waals surface area contributed by atoms with Crippen LogP contribution in [0, 0.1) is 11.3 Å². The van der Waals surface area contributed by atoms with E-state index in [2.05, 4.69) is 0 Å². The molecule has 0 aromatic carbocycles. The summed E-state index contributed by atoms with van der Waals surface area (Å²) in [5, 5.41) is 11.5. The van der Waals surface area contributed by atoms with E-state index < -0.39 is 11.2 Å². The van der Waals surface area contributed by atoms with Crippen LogP contribution in [-0.2, 0) is 25.4 Å². The molecule has 0 radical (unpaired) electrons. The fourth-order valence-electron chi connectivity index (χ4n) is 3.15. The average Bonchev–Trinajstić information content (AvgIpc) is 3.29. The molecule has 0 saturated carbocycles. The second-order valence-electron chi connectivity index (χ2n) is 6.11. The standard InChI is InChI=1S/C17H20N4O3S/c1-19-15(14(9-18)16(22)20(2)17(19)23)21(10-12-5-3-7-24-12)11-13-6-4-8-25-13/h4,6,8,12H,3,5,7,10-11H2,1-2H3. The molecule has 0 aliphatic carbocycles. The first-order valence-electron chi connectivity index (χ1n) is 8.12. The number of nitriles is 1. The number of rotatable bonds is 5. The molecule has 0 spiro atoms. The quantitative estimate of drug-likeness (QED) is 0.800. The molecule has 7 nitrogen and oxygen atoms in total. The topological polar surface area (TPSA) is 80.3 Å². The second-order valence-corrected chi connectivity index (χ2v) is 7.14. The predicted molar refractivity (Wildman–Crippen MR) is 96.0 cm³/mol. The van der Waals surface area contributed by atoms with Crippen molar-refractivity contribution in [1.29, 1.82) is 5.26 Å². The Hall–Kier alpha value is -2.37. The minimum Gasteiger partial charge on any atom is -0.376 e. The molecule has 1 unspecified atom stereocenters. The van der Waals surface area contributed by atoms with Gasteiger partial charge in [0, 0.05) is 32.1 Å². The van der Waals surface area contributed by atoms with Gasteiger partial charge in [-0.05, 0) is 24.3 Å². The van der Waals surface area contributed by atoms with Gasteiger partial charge in [0.05, 0.1) is 12.6 Å². The molecular weight excluding hydrogens is 340 g/mol. The van der Waals surface area contributed by atoms with Gasteiger partial charge in [-0.3, -0.25) is 13.9 Å². The van der Waals surface area contributed by atoms with Crippen LogP contribution in [0.2, 0.25) is 0 Å². The maximum absolute atomic E-state index is 12.4. The number of ether oxygens (including phenoxy) is 1. The number of anilines is 1. The molecule has 8 heteroatoms. The van der Waals surface area contributed by atoms with Gasteiger partial charge in [-0.1, -0.05) is 6.07 Å². The zero-order valence-corrected chi connectivity index (χ0v) is 15.1. The Bertz CT molecular complexity index is 902. The lowest BCUT2D eigenvalue weighted by Crippen LogP contribution is -2.44. The van der Waals surface area contributed by atoms with E-state index in [1.165, 1.54) is 11.6 Å². The number of hydrogen-bond acceptors (Lipinski definition) is 6. The van der Waals surface area contributed by atoms with Crippen molar-refractivity contribution in [1.82, 2.24) is 9.13 Å². The molecule has 132 valence electrons. The molecule has 0 amide bonds. The van der Waals surface area contributed by atoms with Crippen LogP contribution in [0.5, 0.6) is 0 Å². The third-order valence-electron chi connectivity index (χ3n) is 4.42. The summed E-state index contributed by atoms with van der Waals surface area (Å²) in [6.07, 6.45) is 1.96. The van der Waals surface area contributed by atoms with Gasteiger partial charge < -0.3 is 9.64 Å². The second kappa shape index (κ2) is 7.25. The average molecular weight is 360 g/mol. The number of thiophene rings is 1. The lowest BCUT2D eigenvalue weighted by molar-refractivity contribution is 0.115. The summed E-state index contributed by atoms with van der Waals surface area (Å²) >= 11 is 1.60. The number of hydrogen-bond donors (Lipinski definition) is 0. The van der Waals surface area contributed by atoms with Gasteiger partial charge >= 0.3 is 5.69 Å². The smallest absolute Gasteiger partial charge is 0.332 e. The monoisotopic (exact) mass is 360 g/mol. The highest BCUT2D eigenvalue weighted by molar-refractivity contribution is 7.09. The first kappa shape index (κ1) is 17.5. The van der Waals surface area contributed by atoms with Crippen LogP contribution in [0.4, 0.5) is 5.82 Å². The highest BCUT2D eigenvalue weighted by Crippen LogP contribution is 2.23. The van der Waals surface area contributed by atoms with Crippen molar-refractivity contribution in [3.63, 3.8) is 0 Å². The van der Waals surface area contributed by atoms with Crippen LogP contribution in [0.15, 0.2) is 27.1 Å². The summed E-state index contributed by atoms with van der Waals surface area (Å²) < 4.78 is 8.08. The van der Waals surface area contributed by atoms with Crippen LogP contribution in [-0.4, -0.2) is 28.4 Å². The maximum Gasteiger partial charge on any atom is 0.332 e. The predicted octanol–water partition coefficient (Wildman–Crippen LogP) is 1.20. The molecule has 3 heterocycles. The normalized spacial score (nSPS) is 16.8. The van der Waals surface area contributed by atoms with Crippen molar-refractivity contribution in [2.24, 2.45) is 14.1 Å². The van der Waals surface area contributed by atoms with Gasteiger partial charge in [0.25, 0.3) is 5.56 Å². The zero-order valence-electron chi connectivity index (χ0n) is 14.3. The molecule has 3 rings (SSSR count). The van der Waals surface area contributed by atoms with E-state index >= 15 is 0 Å². The summed E-state index contributed by atoms with van der Waals surface area (Å²) in [6.45, 7) is 1.78. The molecule has 1 saturated heterocycles. The molecule has 2 aromatic rings. The summed E-state index contributed by atoms with van der Waals surface area (Å²) in [7, 11) is 2.98. The van der Waals surface area contributed by atoms with Crippen molar-refractivity contribution in [2.45, 2.75) is 25.5 Å². The van der Waals surface area contributed by atoms with Gasteiger partial charge in [0.1, 0.15) is 11.9 Å².